The first-order chi connectivity index (χ1) is 10.1. The van der Waals surface area contributed by atoms with Crippen LogP contribution in [0.2, 0.25) is 0 Å². The van der Waals surface area contributed by atoms with Crippen molar-refractivity contribution in [3.8, 4) is 5.69 Å². The normalized spacial score (nSPS) is 18.2. The first kappa shape index (κ1) is 14.8. The number of hydrogen-bond donors (Lipinski definition) is 1. The Morgan fingerprint density at radius 2 is 1.86 bits per heavy atom. The number of imidazole rings is 1. The second kappa shape index (κ2) is 4.69. The highest BCUT2D eigenvalue weighted by Gasteiger charge is 2.46. The molecule has 0 atom stereocenters. The minimum atomic E-state index is -4.51. The first-order valence-electron chi connectivity index (χ1n) is 6.54. The van der Waals surface area contributed by atoms with Crippen molar-refractivity contribution in [3.63, 3.8) is 0 Å². The molecule has 0 bridgehead atoms. The van der Waals surface area contributed by atoms with Crippen molar-refractivity contribution in [3.05, 3.63) is 42.0 Å². The molecular formula is C14H12F5N3. The molecule has 1 aromatic carbocycles. The van der Waals surface area contributed by atoms with Gasteiger partial charge in [0.2, 0.25) is 5.92 Å². The van der Waals surface area contributed by atoms with Gasteiger partial charge < -0.3 is 10.3 Å². The Bertz CT molecular complexity index is 697. The van der Waals surface area contributed by atoms with E-state index < -0.39 is 17.7 Å². The summed E-state index contributed by atoms with van der Waals surface area (Å²) < 4.78 is 65.4. The van der Waals surface area contributed by atoms with E-state index in [2.05, 4.69) is 4.98 Å². The zero-order chi connectivity index (χ0) is 16.1. The van der Waals surface area contributed by atoms with Gasteiger partial charge in [-0.1, -0.05) is 0 Å². The van der Waals surface area contributed by atoms with Gasteiger partial charge in [0.25, 0.3) is 0 Å². The van der Waals surface area contributed by atoms with E-state index in [0.717, 1.165) is 12.1 Å². The van der Waals surface area contributed by atoms with Gasteiger partial charge in [-0.3, -0.25) is 0 Å². The number of alkyl halides is 5. The average molecular weight is 317 g/mol. The van der Waals surface area contributed by atoms with Crippen LogP contribution in [-0.2, 0) is 6.18 Å². The summed E-state index contributed by atoms with van der Waals surface area (Å²) in [5.74, 6) is -3.03. The van der Waals surface area contributed by atoms with Crippen LogP contribution in [0.1, 0.15) is 30.0 Å². The van der Waals surface area contributed by atoms with Crippen LogP contribution in [0.5, 0.6) is 0 Å². The van der Waals surface area contributed by atoms with Crippen molar-refractivity contribution < 1.29 is 22.0 Å². The number of rotatable bonds is 2. The molecule has 1 aliphatic carbocycles. The largest absolute Gasteiger partial charge is 0.416 e. The van der Waals surface area contributed by atoms with E-state index in [1.54, 1.807) is 0 Å². The van der Waals surface area contributed by atoms with Gasteiger partial charge in [-0.2, -0.15) is 13.2 Å². The Morgan fingerprint density at radius 3 is 2.45 bits per heavy atom. The van der Waals surface area contributed by atoms with Crippen LogP contribution in [0.3, 0.4) is 0 Å². The number of nitrogen functional groups attached to an aromatic ring is 1. The van der Waals surface area contributed by atoms with Gasteiger partial charge in [0.05, 0.1) is 17.6 Å². The maximum atomic E-state index is 12.9. The Hall–Kier alpha value is -2.12. The predicted octanol–water partition coefficient (Wildman–Crippen LogP) is 3.99. The molecule has 0 spiro atoms. The Morgan fingerprint density at radius 1 is 1.18 bits per heavy atom. The van der Waals surface area contributed by atoms with Gasteiger partial charge in [-0.25, -0.2) is 13.8 Å². The lowest BCUT2D eigenvalue weighted by atomic mass is 9.79. The maximum Gasteiger partial charge on any atom is 0.416 e. The third-order valence-electron chi connectivity index (χ3n) is 3.68. The summed E-state index contributed by atoms with van der Waals surface area (Å²) in [6.45, 7) is 0. The number of anilines is 1. The summed E-state index contributed by atoms with van der Waals surface area (Å²) in [6.07, 6.45) is -2.30. The second-order valence-electron chi connectivity index (χ2n) is 5.48. The molecule has 0 saturated heterocycles. The second-order valence-corrected chi connectivity index (χ2v) is 5.48. The molecule has 1 aliphatic rings. The molecule has 1 saturated carbocycles. The number of halogens is 5. The van der Waals surface area contributed by atoms with E-state index in [-0.39, 0.29) is 30.1 Å². The summed E-state index contributed by atoms with van der Waals surface area (Å²) in [7, 11) is 0. The zero-order valence-corrected chi connectivity index (χ0v) is 11.2. The predicted molar refractivity (Wildman–Crippen MR) is 69.9 cm³/mol. The molecule has 0 radical (unpaired) electrons. The van der Waals surface area contributed by atoms with Crippen LogP contribution in [0.4, 0.5) is 27.6 Å². The quantitative estimate of drug-likeness (QED) is 0.672. The number of nitrogens with two attached hydrogens (primary N) is 1. The lowest BCUT2D eigenvalue weighted by Gasteiger charge is -2.33. The highest BCUT2D eigenvalue weighted by molar-refractivity contribution is 5.52. The number of nitrogens with zero attached hydrogens (tertiary/aromatic N) is 2. The topological polar surface area (TPSA) is 43.8 Å². The third-order valence-corrected chi connectivity index (χ3v) is 3.68. The summed E-state index contributed by atoms with van der Waals surface area (Å²) in [6, 6.07) is 3.15. The Balaban J connectivity index is 1.89. The Kier molecular flexibility index (Phi) is 3.15. The third kappa shape index (κ3) is 2.77. The molecule has 118 valence electrons. The summed E-state index contributed by atoms with van der Waals surface area (Å²) >= 11 is 0. The zero-order valence-electron chi connectivity index (χ0n) is 11.2. The van der Waals surface area contributed by atoms with Gasteiger partial charge in [0.15, 0.2) is 0 Å². The van der Waals surface area contributed by atoms with Crippen molar-refractivity contribution in [1.29, 1.82) is 0 Å². The smallest absolute Gasteiger partial charge is 0.399 e. The van der Waals surface area contributed by atoms with Crippen LogP contribution in [0.25, 0.3) is 5.69 Å². The van der Waals surface area contributed by atoms with E-state index in [1.807, 2.05) is 0 Å². The van der Waals surface area contributed by atoms with Gasteiger partial charge in [0, 0.05) is 36.3 Å². The lowest BCUT2D eigenvalue weighted by Crippen LogP contribution is -2.33. The molecule has 2 aromatic rings. The van der Waals surface area contributed by atoms with Crippen LogP contribution >= 0.6 is 0 Å². The summed E-state index contributed by atoms with van der Waals surface area (Å²) in [4.78, 5) is 4.01. The van der Waals surface area contributed by atoms with E-state index in [4.69, 9.17) is 5.73 Å². The fraction of sp³-hybridized carbons (Fsp3) is 0.357. The molecule has 0 unspecified atom stereocenters. The van der Waals surface area contributed by atoms with Crippen molar-refractivity contribution in [2.75, 3.05) is 5.73 Å². The van der Waals surface area contributed by atoms with Crippen molar-refractivity contribution >= 4 is 5.69 Å². The molecule has 1 heterocycles. The molecule has 8 heteroatoms. The molecular weight excluding hydrogens is 305 g/mol. The van der Waals surface area contributed by atoms with Crippen molar-refractivity contribution in [1.82, 2.24) is 9.55 Å². The van der Waals surface area contributed by atoms with Crippen LogP contribution in [0.15, 0.2) is 30.7 Å². The van der Waals surface area contributed by atoms with Crippen molar-refractivity contribution in [2.45, 2.75) is 30.9 Å². The van der Waals surface area contributed by atoms with Crippen LogP contribution in [0, 0.1) is 0 Å². The van der Waals surface area contributed by atoms with E-state index in [1.165, 1.54) is 23.2 Å². The van der Waals surface area contributed by atoms with Gasteiger partial charge in [-0.05, 0) is 18.2 Å². The van der Waals surface area contributed by atoms with E-state index >= 15 is 0 Å². The lowest BCUT2D eigenvalue weighted by molar-refractivity contribution is -0.137. The van der Waals surface area contributed by atoms with Gasteiger partial charge >= 0.3 is 6.18 Å². The summed E-state index contributed by atoms with van der Waals surface area (Å²) in [5.41, 5.74) is 5.24. The van der Waals surface area contributed by atoms with Gasteiger partial charge in [0.1, 0.15) is 0 Å². The van der Waals surface area contributed by atoms with E-state index in [9.17, 15) is 22.0 Å². The molecule has 1 fully saturated rings. The fourth-order valence-electron chi connectivity index (χ4n) is 2.51. The molecule has 3 nitrogen and oxygen atoms in total. The minimum Gasteiger partial charge on any atom is -0.399 e. The fourth-order valence-corrected chi connectivity index (χ4v) is 2.51. The summed E-state index contributed by atoms with van der Waals surface area (Å²) in [5, 5.41) is 0. The van der Waals surface area contributed by atoms with Crippen LogP contribution < -0.4 is 5.73 Å². The SMILES string of the molecule is Nc1cc(-n2cnc(C3CC(F)(F)C3)c2)cc(C(F)(F)F)c1. The minimum absolute atomic E-state index is 0.0322. The highest BCUT2D eigenvalue weighted by Crippen LogP contribution is 2.47. The van der Waals surface area contributed by atoms with Crippen molar-refractivity contribution in [2.24, 2.45) is 0 Å². The standard InChI is InChI=1S/C14H12F5N3/c15-13(16)4-8(5-13)12-6-22(7-21-12)11-2-9(14(17,18)19)1-10(20)3-11/h1-3,6-8H,4-5,20H2. The molecule has 3 rings (SSSR count). The number of aromatic nitrogens is 2. The molecule has 0 amide bonds. The molecule has 2 N–H and O–H groups in total. The molecule has 22 heavy (non-hydrogen) atoms. The monoisotopic (exact) mass is 317 g/mol. The number of hydrogen-bond acceptors (Lipinski definition) is 2. The number of benzene rings is 1. The van der Waals surface area contributed by atoms with Gasteiger partial charge in [-0.15, -0.1) is 0 Å². The van der Waals surface area contributed by atoms with Crippen LogP contribution in [-0.4, -0.2) is 15.5 Å². The first-order valence-corrected chi connectivity index (χ1v) is 6.54. The maximum absolute atomic E-state index is 12.9. The Labute approximate surface area is 122 Å². The molecule has 1 aromatic heterocycles. The molecule has 0 aliphatic heterocycles. The highest BCUT2D eigenvalue weighted by atomic mass is 19.4. The van der Waals surface area contributed by atoms with E-state index in [0.29, 0.717) is 5.69 Å². The average Bonchev–Trinajstić information content (AvgIpc) is 2.83.